The fourth-order valence-corrected chi connectivity index (χ4v) is 2.35. The van der Waals surface area contributed by atoms with E-state index in [0.717, 1.165) is 16.1 Å². The van der Waals surface area contributed by atoms with E-state index in [0.29, 0.717) is 0 Å². The summed E-state index contributed by atoms with van der Waals surface area (Å²) in [6.07, 6.45) is 1.81. The van der Waals surface area contributed by atoms with Crippen molar-refractivity contribution in [2.75, 3.05) is 0 Å². The van der Waals surface area contributed by atoms with Crippen LogP contribution in [0.2, 0.25) is 0 Å². The number of pyridine rings is 1. The Hall–Kier alpha value is -0.610. The molecular weight excluding hydrogens is 334 g/mol. The number of hydrogen-bond acceptors (Lipinski definition) is 2. The van der Waals surface area contributed by atoms with E-state index in [1.54, 1.807) is 0 Å². The summed E-state index contributed by atoms with van der Waals surface area (Å²) in [5.74, 6) is 1.17. The Balaban J connectivity index is 2.19. The zero-order valence-electron chi connectivity index (χ0n) is 8.73. The highest BCUT2D eigenvalue weighted by Gasteiger charge is 2.21. The Labute approximate surface area is 111 Å². The molecule has 2 unspecified atom stereocenters. The van der Waals surface area contributed by atoms with Gasteiger partial charge >= 0.3 is 0 Å². The van der Waals surface area contributed by atoms with Gasteiger partial charge in [-0.05, 0) is 40.2 Å². The summed E-state index contributed by atoms with van der Waals surface area (Å²) in [5, 5.41) is 0. The van der Waals surface area contributed by atoms with Crippen LogP contribution in [0.15, 0.2) is 45.6 Å². The zero-order chi connectivity index (χ0) is 11.5. The van der Waals surface area contributed by atoms with Crippen molar-refractivity contribution in [2.24, 2.45) is 0 Å². The van der Waals surface area contributed by atoms with Gasteiger partial charge in [0.1, 0.15) is 5.76 Å². The van der Waals surface area contributed by atoms with Crippen LogP contribution in [0.1, 0.15) is 29.1 Å². The van der Waals surface area contributed by atoms with E-state index in [1.165, 1.54) is 0 Å². The Morgan fingerprint density at radius 3 is 2.62 bits per heavy atom. The van der Waals surface area contributed by atoms with Gasteiger partial charge in [-0.3, -0.25) is 4.98 Å². The molecule has 2 atom stereocenters. The Morgan fingerprint density at radius 1 is 1.25 bits per heavy atom. The molecule has 2 nitrogen and oxygen atoms in total. The van der Waals surface area contributed by atoms with Crippen LogP contribution in [-0.4, -0.2) is 4.98 Å². The van der Waals surface area contributed by atoms with Crippen molar-refractivity contribution < 1.29 is 4.42 Å². The molecule has 0 aliphatic carbocycles. The second-order valence-corrected chi connectivity index (χ2v) is 5.35. The summed E-state index contributed by atoms with van der Waals surface area (Å²) >= 11 is 6.95. The monoisotopic (exact) mass is 343 g/mol. The maximum absolute atomic E-state index is 5.53. The van der Waals surface area contributed by atoms with Crippen LogP contribution < -0.4 is 0 Å². The normalized spacial score (nSPS) is 14.7. The van der Waals surface area contributed by atoms with E-state index in [1.807, 2.05) is 36.5 Å². The number of nitrogens with zero attached hydrogens (tertiary/aromatic N) is 1. The minimum atomic E-state index is 0.133. The van der Waals surface area contributed by atoms with Crippen molar-refractivity contribution in [1.82, 2.24) is 4.98 Å². The molecule has 0 fully saturated rings. The zero-order valence-corrected chi connectivity index (χ0v) is 11.9. The molecule has 0 aliphatic rings. The van der Waals surface area contributed by atoms with Crippen LogP contribution in [0.4, 0.5) is 0 Å². The summed E-state index contributed by atoms with van der Waals surface area (Å²) in [5.41, 5.74) is 1.05. The molecule has 84 valence electrons. The molecular formula is C12H11Br2NO. The predicted octanol–water partition coefficient (Wildman–Crippen LogP) is 4.68. The number of alkyl halides is 1. The van der Waals surface area contributed by atoms with Crippen LogP contribution in [0.25, 0.3) is 0 Å². The molecule has 2 heterocycles. The van der Waals surface area contributed by atoms with E-state index >= 15 is 0 Å². The van der Waals surface area contributed by atoms with Crippen molar-refractivity contribution in [3.8, 4) is 0 Å². The van der Waals surface area contributed by atoms with Crippen LogP contribution in [0.5, 0.6) is 0 Å². The standard InChI is InChI=1S/C12H11Br2NO/c1-8(9-4-2-3-7-15-9)12(14)10-5-6-11(13)16-10/h2-8,12H,1H3. The highest BCUT2D eigenvalue weighted by atomic mass is 79.9. The second-order valence-electron chi connectivity index (χ2n) is 3.59. The van der Waals surface area contributed by atoms with Gasteiger partial charge in [-0.1, -0.05) is 28.9 Å². The molecule has 16 heavy (non-hydrogen) atoms. The fraction of sp³-hybridized carbons (Fsp3) is 0.250. The molecule has 0 spiro atoms. The number of aromatic nitrogens is 1. The highest BCUT2D eigenvalue weighted by Crippen LogP contribution is 2.38. The third kappa shape index (κ3) is 2.55. The molecule has 0 aliphatic heterocycles. The molecule has 0 aromatic carbocycles. The van der Waals surface area contributed by atoms with Gasteiger partial charge in [0.05, 0.1) is 4.83 Å². The van der Waals surface area contributed by atoms with Gasteiger partial charge in [-0.15, -0.1) is 0 Å². The van der Waals surface area contributed by atoms with Crippen LogP contribution in [0, 0.1) is 0 Å². The van der Waals surface area contributed by atoms with Gasteiger partial charge in [0.25, 0.3) is 0 Å². The quantitative estimate of drug-likeness (QED) is 0.756. The third-order valence-corrected chi connectivity index (χ3v) is 4.13. The smallest absolute Gasteiger partial charge is 0.169 e. The summed E-state index contributed by atoms with van der Waals surface area (Å²) in [6, 6.07) is 9.80. The van der Waals surface area contributed by atoms with Gasteiger partial charge in [0.15, 0.2) is 4.67 Å². The Kier molecular flexibility index (Phi) is 3.82. The number of halogens is 2. The van der Waals surface area contributed by atoms with Gasteiger partial charge in [-0.25, -0.2) is 0 Å². The SMILES string of the molecule is CC(c1ccccn1)C(Br)c1ccc(Br)o1. The average Bonchev–Trinajstić information content (AvgIpc) is 2.75. The number of hydrogen-bond donors (Lipinski definition) is 0. The van der Waals surface area contributed by atoms with Gasteiger partial charge < -0.3 is 4.42 Å². The van der Waals surface area contributed by atoms with E-state index < -0.39 is 0 Å². The topological polar surface area (TPSA) is 26.0 Å². The van der Waals surface area contributed by atoms with E-state index in [4.69, 9.17) is 4.42 Å². The van der Waals surface area contributed by atoms with Crippen LogP contribution in [-0.2, 0) is 0 Å². The van der Waals surface area contributed by atoms with Crippen molar-refractivity contribution in [1.29, 1.82) is 0 Å². The molecule has 0 bridgehead atoms. The molecule has 0 amide bonds. The van der Waals surface area contributed by atoms with Crippen molar-refractivity contribution in [3.63, 3.8) is 0 Å². The molecule has 0 radical (unpaired) electrons. The molecule has 2 aromatic heterocycles. The first-order chi connectivity index (χ1) is 7.68. The Bertz CT molecular complexity index is 455. The Morgan fingerprint density at radius 2 is 2.06 bits per heavy atom. The number of rotatable bonds is 3. The van der Waals surface area contributed by atoms with Gasteiger partial charge in [0.2, 0.25) is 0 Å². The first-order valence-corrected chi connectivity index (χ1v) is 6.69. The fourth-order valence-electron chi connectivity index (χ4n) is 1.52. The van der Waals surface area contributed by atoms with E-state index in [2.05, 4.69) is 43.8 Å². The lowest BCUT2D eigenvalue weighted by atomic mass is 10.0. The molecule has 0 saturated carbocycles. The minimum Gasteiger partial charge on any atom is -0.453 e. The summed E-state index contributed by atoms with van der Waals surface area (Å²) in [6.45, 7) is 2.12. The lowest BCUT2D eigenvalue weighted by Gasteiger charge is -2.15. The first-order valence-electron chi connectivity index (χ1n) is 4.98. The molecule has 0 N–H and O–H groups in total. The highest BCUT2D eigenvalue weighted by molar-refractivity contribution is 9.10. The minimum absolute atomic E-state index is 0.133. The summed E-state index contributed by atoms with van der Waals surface area (Å²) in [7, 11) is 0. The predicted molar refractivity (Wildman–Crippen MR) is 70.7 cm³/mol. The summed E-state index contributed by atoms with van der Waals surface area (Å²) < 4.78 is 6.28. The lowest BCUT2D eigenvalue weighted by molar-refractivity contribution is 0.470. The van der Waals surface area contributed by atoms with E-state index in [9.17, 15) is 0 Å². The second kappa shape index (κ2) is 5.15. The van der Waals surface area contributed by atoms with Crippen molar-refractivity contribution >= 4 is 31.9 Å². The first kappa shape index (κ1) is 11.9. The lowest BCUT2D eigenvalue weighted by Crippen LogP contribution is -2.02. The van der Waals surface area contributed by atoms with Gasteiger partial charge in [0, 0.05) is 17.8 Å². The van der Waals surface area contributed by atoms with Crippen LogP contribution in [0.3, 0.4) is 0 Å². The summed E-state index contributed by atoms with van der Waals surface area (Å²) in [4.78, 5) is 4.48. The number of furan rings is 1. The van der Waals surface area contributed by atoms with Crippen LogP contribution >= 0.6 is 31.9 Å². The van der Waals surface area contributed by atoms with Crippen molar-refractivity contribution in [2.45, 2.75) is 17.7 Å². The van der Waals surface area contributed by atoms with E-state index in [-0.39, 0.29) is 10.7 Å². The van der Waals surface area contributed by atoms with Crippen molar-refractivity contribution in [3.05, 3.63) is 52.7 Å². The average molecular weight is 345 g/mol. The maximum Gasteiger partial charge on any atom is 0.169 e. The maximum atomic E-state index is 5.53. The molecule has 2 aromatic rings. The third-order valence-electron chi connectivity index (χ3n) is 2.46. The largest absolute Gasteiger partial charge is 0.453 e. The van der Waals surface area contributed by atoms with Gasteiger partial charge in [-0.2, -0.15) is 0 Å². The molecule has 2 rings (SSSR count). The molecule has 4 heteroatoms. The molecule has 0 saturated heterocycles.